The second-order valence-corrected chi connectivity index (χ2v) is 4.80. The Labute approximate surface area is 143 Å². The molecular weight excluding hydrogens is 324 g/mol. The number of hydrogen-bond donors (Lipinski definition) is 3. The molecule has 0 unspecified atom stereocenters. The van der Waals surface area contributed by atoms with E-state index in [1.807, 2.05) is 7.05 Å². The van der Waals surface area contributed by atoms with Gasteiger partial charge in [-0.25, -0.2) is 0 Å². The Morgan fingerprint density at radius 1 is 0.696 bits per heavy atom. The molecular formula is C14H30N2O6S. The van der Waals surface area contributed by atoms with Crippen molar-refractivity contribution in [1.82, 2.24) is 10.6 Å². The van der Waals surface area contributed by atoms with Gasteiger partial charge in [-0.2, -0.15) is 0 Å². The van der Waals surface area contributed by atoms with Crippen molar-refractivity contribution in [3.8, 4) is 0 Å². The number of hydrogen-bond acceptors (Lipinski definition) is 7. The largest absolute Gasteiger partial charge is 0.378 e. The van der Waals surface area contributed by atoms with E-state index in [0.29, 0.717) is 72.6 Å². The minimum atomic E-state index is -0.354. The number of carbonyl (C=O) groups is 1. The van der Waals surface area contributed by atoms with E-state index in [1.54, 1.807) is 0 Å². The van der Waals surface area contributed by atoms with Crippen LogP contribution in [0.15, 0.2) is 0 Å². The quantitative estimate of drug-likeness (QED) is 0.235. The first-order chi connectivity index (χ1) is 11.3. The van der Waals surface area contributed by atoms with Crippen molar-refractivity contribution < 1.29 is 28.5 Å². The molecule has 0 heterocycles. The van der Waals surface area contributed by atoms with E-state index >= 15 is 0 Å². The molecule has 138 valence electrons. The summed E-state index contributed by atoms with van der Waals surface area (Å²) in [5, 5.41) is 5.16. The lowest BCUT2D eigenvalue weighted by Gasteiger charge is -2.08. The van der Waals surface area contributed by atoms with Crippen molar-refractivity contribution in [2.45, 2.75) is 0 Å². The molecule has 8 nitrogen and oxygen atoms in total. The molecule has 0 saturated heterocycles. The van der Waals surface area contributed by atoms with Gasteiger partial charge in [-0.05, 0) is 7.05 Å². The van der Waals surface area contributed by atoms with Crippen LogP contribution in [-0.4, -0.2) is 91.4 Å². The lowest BCUT2D eigenvalue weighted by atomic mass is 10.6. The Morgan fingerprint density at radius 2 is 1.04 bits per heavy atom. The molecule has 0 saturated carbocycles. The summed E-state index contributed by atoms with van der Waals surface area (Å²) in [5.41, 5.74) is 0. The first kappa shape index (κ1) is 22.6. The highest BCUT2D eigenvalue weighted by Crippen LogP contribution is 1.84. The summed E-state index contributed by atoms with van der Waals surface area (Å²) in [4.78, 5) is 10.5. The second-order valence-electron chi connectivity index (χ2n) is 4.40. The smallest absolute Gasteiger partial charge is 0.276 e. The molecule has 0 aromatic rings. The number of thiol groups is 1. The molecule has 9 heteroatoms. The summed E-state index contributed by atoms with van der Waals surface area (Å²) in [6.07, 6.45) is 0. The van der Waals surface area contributed by atoms with Gasteiger partial charge in [0.2, 0.25) is 0 Å². The molecule has 0 aromatic heterocycles. The van der Waals surface area contributed by atoms with Gasteiger partial charge >= 0.3 is 0 Å². The van der Waals surface area contributed by atoms with Crippen molar-refractivity contribution in [3.63, 3.8) is 0 Å². The fourth-order valence-electron chi connectivity index (χ4n) is 1.39. The number of amides is 1. The Bertz CT molecular complexity index is 261. The highest BCUT2D eigenvalue weighted by molar-refractivity contribution is 7.96. The molecule has 0 radical (unpaired) electrons. The van der Waals surface area contributed by atoms with Crippen molar-refractivity contribution in [3.05, 3.63) is 0 Å². The van der Waals surface area contributed by atoms with Gasteiger partial charge in [-0.1, -0.05) is 12.6 Å². The van der Waals surface area contributed by atoms with Gasteiger partial charge in [0, 0.05) is 13.1 Å². The van der Waals surface area contributed by atoms with E-state index in [4.69, 9.17) is 23.7 Å². The Balaban J connectivity index is 2.96. The SMILES string of the molecule is CNCCOCCOCCOCCOCCOCCNC(=O)S. The van der Waals surface area contributed by atoms with E-state index in [2.05, 4.69) is 23.3 Å². The summed E-state index contributed by atoms with van der Waals surface area (Å²) in [6.45, 7) is 6.74. The van der Waals surface area contributed by atoms with Crippen LogP contribution in [0.3, 0.4) is 0 Å². The van der Waals surface area contributed by atoms with Crippen LogP contribution in [0.1, 0.15) is 0 Å². The molecule has 2 N–H and O–H groups in total. The Morgan fingerprint density at radius 3 is 1.39 bits per heavy atom. The first-order valence-corrected chi connectivity index (χ1v) is 8.22. The van der Waals surface area contributed by atoms with Crippen molar-refractivity contribution in [1.29, 1.82) is 0 Å². The maximum absolute atomic E-state index is 10.5. The van der Waals surface area contributed by atoms with Gasteiger partial charge in [0.1, 0.15) is 0 Å². The van der Waals surface area contributed by atoms with E-state index < -0.39 is 0 Å². The third kappa shape index (κ3) is 21.6. The van der Waals surface area contributed by atoms with Crippen molar-refractivity contribution in [2.24, 2.45) is 0 Å². The lowest BCUT2D eigenvalue weighted by molar-refractivity contribution is -0.0104. The molecule has 0 aromatic carbocycles. The fourth-order valence-corrected chi connectivity index (χ4v) is 1.50. The van der Waals surface area contributed by atoms with Gasteiger partial charge in [-0.15, -0.1) is 0 Å². The number of ether oxygens (including phenoxy) is 5. The molecule has 0 rings (SSSR count). The zero-order chi connectivity index (χ0) is 17.0. The van der Waals surface area contributed by atoms with Crippen molar-refractivity contribution >= 4 is 17.9 Å². The van der Waals surface area contributed by atoms with E-state index in [-0.39, 0.29) is 5.24 Å². The van der Waals surface area contributed by atoms with Crippen LogP contribution in [0.4, 0.5) is 4.79 Å². The van der Waals surface area contributed by atoms with Crippen molar-refractivity contribution in [2.75, 3.05) is 86.2 Å². The first-order valence-electron chi connectivity index (χ1n) is 7.77. The zero-order valence-corrected chi connectivity index (χ0v) is 14.8. The molecule has 0 bridgehead atoms. The molecule has 0 atom stereocenters. The summed E-state index contributed by atoms with van der Waals surface area (Å²) in [7, 11) is 1.89. The molecule has 0 aliphatic rings. The Kier molecular flexibility index (Phi) is 19.3. The molecule has 1 amide bonds. The summed E-state index contributed by atoms with van der Waals surface area (Å²) >= 11 is 3.57. The number of carbonyl (C=O) groups excluding carboxylic acids is 1. The van der Waals surface area contributed by atoms with E-state index in [0.717, 1.165) is 6.54 Å². The maximum atomic E-state index is 10.5. The highest BCUT2D eigenvalue weighted by Gasteiger charge is 1.94. The summed E-state index contributed by atoms with van der Waals surface area (Å²) in [5.74, 6) is 0. The van der Waals surface area contributed by atoms with Gasteiger partial charge in [-0.3, -0.25) is 4.79 Å². The number of rotatable bonds is 18. The normalized spacial score (nSPS) is 10.9. The molecule has 0 aliphatic carbocycles. The summed E-state index contributed by atoms with van der Waals surface area (Å²) in [6, 6.07) is 0. The zero-order valence-electron chi connectivity index (χ0n) is 13.9. The van der Waals surface area contributed by atoms with Crippen LogP contribution >= 0.6 is 12.6 Å². The number of likely N-dealkylation sites (N-methyl/N-ethyl adjacent to an activating group) is 1. The maximum Gasteiger partial charge on any atom is 0.276 e. The average molecular weight is 354 g/mol. The van der Waals surface area contributed by atoms with Gasteiger partial charge in [0.25, 0.3) is 5.24 Å². The third-order valence-corrected chi connectivity index (χ3v) is 2.67. The number of nitrogens with one attached hydrogen (secondary N) is 2. The van der Waals surface area contributed by atoms with Gasteiger partial charge < -0.3 is 34.3 Å². The standard InChI is InChI=1S/C14H30N2O6S/c1-15-2-4-18-6-8-20-10-12-22-13-11-21-9-7-19-5-3-16-14(17)23/h15H,2-13H2,1H3,(H2,16,17,23). The molecule has 0 spiro atoms. The molecule has 23 heavy (non-hydrogen) atoms. The highest BCUT2D eigenvalue weighted by atomic mass is 32.1. The predicted molar refractivity (Wildman–Crippen MR) is 90.4 cm³/mol. The van der Waals surface area contributed by atoms with E-state index in [1.165, 1.54) is 0 Å². The topological polar surface area (TPSA) is 87.3 Å². The Hall–Kier alpha value is -0.420. The van der Waals surface area contributed by atoms with Gasteiger partial charge in [0.05, 0.1) is 66.1 Å². The van der Waals surface area contributed by atoms with Crippen LogP contribution < -0.4 is 10.6 Å². The average Bonchev–Trinajstić information content (AvgIpc) is 2.53. The molecule has 0 aliphatic heterocycles. The molecule has 0 fully saturated rings. The van der Waals surface area contributed by atoms with Crippen LogP contribution in [0.2, 0.25) is 0 Å². The van der Waals surface area contributed by atoms with Gasteiger partial charge in [0.15, 0.2) is 0 Å². The van der Waals surface area contributed by atoms with Crippen LogP contribution in [0, 0.1) is 0 Å². The monoisotopic (exact) mass is 354 g/mol. The minimum Gasteiger partial charge on any atom is -0.378 e. The predicted octanol–water partition coefficient (Wildman–Crippen LogP) is -0.0718. The lowest BCUT2D eigenvalue weighted by Crippen LogP contribution is -2.22. The van der Waals surface area contributed by atoms with E-state index in [9.17, 15) is 4.79 Å². The van der Waals surface area contributed by atoms with Crippen LogP contribution in [0.25, 0.3) is 0 Å². The second kappa shape index (κ2) is 19.6. The minimum absolute atomic E-state index is 0.354. The fraction of sp³-hybridized carbons (Fsp3) is 0.929. The summed E-state index contributed by atoms with van der Waals surface area (Å²) < 4.78 is 26.6. The third-order valence-electron chi connectivity index (χ3n) is 2.51. The van der Waals surface area contributed by atoms with Crippen LogP contribution in [0.5, 0.6) is 0 Å². The van der Waals surface area contributed by atoms with Crippen LogP contribution in [-0.2, 0) is 23.7 Å².